The lowest BCUT2D eigenvalue weighted by molar-refractivity contribution is -0.480. The van der Waals surface area contributed by atoms with E-state index in [0.717, 1.165) is 5.69 Å². The van der Waals surface area contributed by atoms with E-state index in [4.69, 9.17) is 10.7 Å². The molecule has 0 amide bonds. The van der Waals surface area contributed by atoms with Gasteiger partial charge in [-0.3, -0.25) is 0 Å². The Morgan fingerprint density at radius 1 is 1.39 bits per heavy atom. The van der Waals surface area contributed by atoms with Crippen molar-refractivity contribution in [1.82, 2.24) is 9.88 Å². The van der Waals surface area contributed by atoms with E-state index in [-0.39, 0.29) is 0 Å². The highest BCUT2D eigenvalue weighted by atomic mass is 16.7. The van der Waals surface area contributed by atoms with E-state index in [9.17, 15) is 0 Å². The third kappa shape index (κ3) is 3.49. The zero-order chi connectivity index (χ0) is 13.7. The zero-order valence-electron chi connectivity index (χ0n) is 11.5. The molecule has 0 saturated carbocycles. The molecule has 18 heavy (non-hydrogen) atoms. The highest BCUT2D eigenvalue weighted by Gasteiger charge is 2.15. The average Bonchev–Trinajstić information content (AvgIpc) is 2.28. The van der Waals surface area contributed by atoms with Gasteiger partial charge in [-0.1, -0.05) is 0 Å². The topological polar surface area (TPSA) is 69.7 Å². The summed E-state index contributed by atoms with van der Waals surface area (Å²) in [6.07, 6.45) is 1.67. The number of pyridine rings is 1. The molecule has 0 atom stereocenters. The van der Waals surface area contributed by atoms with Crippen LogP contribution in [0.25, 0.3) is 0 Å². The van der Waals surface area contributed by atoms with E-state index < -0.39 is 0 Å². The first-order valence-electron chi connectivity index (χ1n) is 5.51. The average molecular weight is 253 g/mol. The lowest BCUT2D eigenvalue weighted by atomic mass is 10.4. The second kappa shape index (κ2) is 6.06. The Labute approximate surface area is 107 Å². The van der Waals surface area contributed by atoms with E-state index in [0.29, 0.717) is 11.8 Å². The third-order valence-corrected chi connectivity index (χ3v) is 2.17. The first-order chi connectivity index (χ1) is 8.43. The number of rotatable bonds is 3. The number of nitrogens with one attached hydrogen (secondary N) is 1. The fourth-order valence-electron chi connectivity index (χ4n) is 1.44. The molecule has 7 heteroatoms. The van der Waals surface area contributed by atoms with Crippen LogP contribution >= 0.6 is 0 Å². The lowest BCUT2D eigenvalue weighted by Crippen LogP contribution is -2.34. The molecule has 1 aromatic rings. The Kier molecular flexibility index (Phi) is 4.73. The van der Waals surface area contributed by atoms with Crippen molar-refractivity contribution in [3.8, 4) is 0 Å². The van der Waals surface area contributed by atoms with Crippen molar-refractivity contribution >= 4 is 17.5 Å². The summed E-state index contributed by atoms with van der Waals surface area (Å²) in [4.78, 5) is 11.5. The van der Waals surface area contributed by atoms with Gasteiger partial charge in [0.25, 0.3) is 0 Å². The molecule has 0 aliphatic rings. The first kappa shape index (κ1) is 14.0. The molecule has 1 aromatic heterocycles. The summed E-state index contributed by atoms with van der Waals surface area (Å²) in [5.74, 6) is 6.27. The lowest BCUT2D eigenvalue weighted by Gasteiger charge is -2.17. The molecule has 3 N–H and O–H groups in total. The largest absolute Gasteiger partial charge is 0.470 e. The van der Waals surface area contributed by atoms with Crippen LogP contribution in [0.5, 0.6) is 0 Å². The van der Waals surface area contributed by atoms with Crippen molar-refractivity contribution in [1.29, 1.82) is 0 Å². The summed E-state index contributed by atoms with van der Waals surface area (Å²) < 4.78 is 1.85. The fourth-order valence-corrected chi connectivity index (χ4v) is 1.44. The number of amidine groups is 1. The summed E-state index contributed by atoms with van der Waals surface area (Å²) in [6.45, 7) is 0. The molecule has 0 bridgehead atoms. The molecule has 0 radical (unpaired) electrons. The van der Waals surface area contributed by atoms with Crippen molar-refractivity contribution in [2.45, 2.75) is 0 Å². The van der Waals surface area contributed by atoms with Crippen LogP contribution in [0.4, 0.5) is 11.5 Å². The standard InChI is InChI=1S/C11H21N6O/c1-15(2)11(16(3)4)18-14-10-9(17(5)12)7-6-8-13-10/h6-8H,12H2,1-5H3,(H,13,14)/q+1. The van der Waals surface area contributed by atoms with Crippen molar-refractivity contribution in [2.24, 2.45) is 5.84 Å². The summed E-state index contributed by atoms with van der Waals surface area (Å²) >= 11 is 0. The maximum Gasteiger partial charge on any atom is 0.470 e. The van der Waals surface area contributed by atoms with Gasteiger partial charge in [0.1, 0.15) is 0 Å². The van der Waals surface area contributed by atoms with Gasteiger partial charge in [0.2, 0.25) is 0 Å². The predicted molar refractivity (Wildman–Crippen MR) is 72.3 cm³/mol. The Morgan fingerprint density at radius 2 is 2.06 bits per heavy atom. The van der Waals surface area contributed by atoms with E-state index >= 15 is 0 Å². The summed E-state index contributed by atoms with van der Waals surface area (Å²) in [6, 6.07) is 4.32. The smallest absolute Gasteiger partial charge is 0.310 e. The van der Waals surface area contributed by atoms with E-state index in [1.807, 2.05) is 49.8 Å². The van der Waals surface area contributed by atoms with E-state index in [1.165, 1.54) is 5.01 Å². The van der Waals surface area contributed by atoms with Gasteiger partial charge in [-0.15, -0.1) is 0 Å². The van der Waals surface area contributed by atoms with E-state index in [2.05, 4.69) is 10.5 Å². The maximum atomic E-state index is 5.71. The number of hydrazine groups is 1. The normalized spacial score (nSPS) is 9.67. The van der Waals surface area contributed by atoms with Gasteiger partial charge in [-0.25, -0.2) is 20.3 Å². The van der Waals surface area contributed by atoms with Gasteiger partial charge in [-0.05, 0) is 12.1 Å². The fraction of sp³-hybridized carbons (Fsp3) is 0.455. The van der Waals surface area contributed by atoms with Crippen LogP contribution in [0, 0.1) is 0 Å². The summed E-state index contributed by atoms with van der Waals surface area (Å²) in [5.41, 5.74) is 3.55. The van der Waals surface area contributed by atoms with Crippen molar-refractivity contribution in [3.05, 3.63) is 18.3 Å². The number of nitrogens with zero attached hydrogens (tertiary/aromatic N) is 4. The van der Waals surface area contributed by atoms with Gasteiger partial charge in [0, 0.05) is 13.2 Å². The van der Waals surface area contributed by atoms with Crippen molar-refractivity contribution in [2.75, 3.05) is 45.7 Å². The predicted octanol–water partition coefficient (Wildman–Crippen LogP) is -0.0753. The molecule has 0 aromatic carbocycles. The Hall–Kier alpha value is -2.02. The molecule has 100 valence electrons. The third-order valence-electron chi connectivity index (χ3n) is 2.17. The van der Waals surface area contributed by atoms with Crippen molar-refractivity contribution < 1.29 is 9.41 Å². The molecule has 0 spiro atoms. The zero-order valence-corrected chi connectivity index (χ0v) is 11.5. The molecule has 0 fully saturated rings. The number of hydrogen-bond acceptors (Lipinski definition) is 5. The highest BCUT2D eigenvalue weighted by Crippen LogP contribution is 2.19. The highest BCUT2D eigenvalue weighted by molar-refractivity contribution is 5.70. The summed E-state index contributed by atoms with van der Waals surface area (Å²) in [7, 11) is 9.32. The number of nitrogens with two attached hydrogens (primary N) is 1. The first-order valence-corrected chi connectivity index (χ1v) is 5.51. The molecular formula is C11H21N6O+. The van der Waals surface area contributed by atoms with Crippen LogP contribution in [0.2, 0.25) is 0 Å². The van der Waals surface area contributed by atoms with Crippen LogP contribution < -0.4 is 16.3 Å². The van der Waals surface area contributed by atoms with Crippen LogP contribution in [-0.4, -0.2) is 55.7 Å². The minimum Gasteiger partial charge on any atom is -0.310 e. The molecule has 7 nitrogen and oxygen atoms in total. The van der Waals surface area contributed by atoms with Crippen molar-refractivity contribution in [3.63, 3.8) is 0 Å². The monoisotopic (exact) mass is 253 g/mol. The Balaban J connectivity index is 2.84. The molecule has 1 heterocycles. The van der Waals surface area contributed by atoms with Crippen LogP contribution in [0.15, 0.2) is 18.3 Å². The van der Waals surface area contributed by atoms with Gasteiger partial charge in [-0.2, -0.15) is 5.48 Å². The minimum absolute atomic E-state index is 0.559. The quantitative estimate of drug-likeness (QED) is 0.258. The van der Waals surface area contributed by atoms with Gasteiger partial charge in [0.15, 0.2) is 5.82 Å². The van der Waals surface area contributed by atoms with E-state index in [1.54, 1.807) is 13.2 Å². The van der Waals surface area contributed by atoms with Gasteiger partial charge < -0.3 is 9.85 Å². The van der Waals surface area contributed by atoms with Gasteiger partial charge in [0.05, 0.1) is 33.9 Å². The minimum atomic E-state index is 0.559. The second-order valence-corrected chi connectivity index (χ2v) is 4.26. The number of anilines is 2. The summed E-state index contributed by atoms with van der Waals surface area (Å²) in [5, 5.41) is 1.48. The van der Waals surface area contributed by atoms with Gasteiger partial charge >= 0.3 is 6.02 Å². The van der Waals surface area contributed by atoms with Crippen LogP contribution in [0.3, 0.4) is 0 Å². The van der Waals surface area contributed by atoms with Crippen LogP contribution in [-0.2, 0) is 4.84 Å². The number of aromatic nitrogens is 1. The molecular weight excluding hydrogens is 232 g/mol. The maximum absolute atomic E-state index is 5.71. The molecule has 0 aliphatic carbocycles. The second-order valence-electron chi connectivity index (χ2n) is 4.26. The Bertz CT molecular complexity index is 425. The molecule has 0 saturated heterocycles. The molecule has 0 aliphatic heterocycles. The molecule has 1 rings (SSSR count). The van der Waals surface area contributed by atoms with Crippen LogP contribution in [0.1, 0.15) is 0 Å². The SMILES string of the molecule is CN(C)C(ONc1ncccc1N(C)N)=[N+](C)C. The Morgan fingerprint density at radius 3 is 2.56 bits per heavy atom. The number of hydrogen-bond donors (Lipinski definition) is 2. The molecule has 0 unspecified atom stereocenters.